The predicted molar refractivity (Wildman–Crippen MR) is 68.0 cm³/mol. The van der Waals surface area contributed by atoms with Gasteiger partial charge in [0.15, 0.2) is 5.15 Å². The third-order valence-corrected chi connectivity index (χ3v) is 3.37. The minimum Gasteiger partial charge on any atom is -0.378 e. The van der Waals surface area contributed by atoms with Crippen molar-refractivity contribution >= 4 is 17.3 Å². The van der Waals surface area contributed by atoms with E-state index in [9.17, 15) is 0 Å². The Morgan fingerprint density at radius 1 is 1.56 bits per heavy atom. The van der Waals surface area contributed by atoms with Crippen LogP contribution < -0.4 is 5.32 Å². The normalized spacial score (nSPS) is 21.6. The van der Waals surface area contributed by atoms with E-state index in [1.807, 2.05) is 12.1 Å². The molecule has 0 amide bonds. The highest BCUT2D eigenvalue weighted by Gasteiger charge is 2.24. The molecule has 0 aromatic carbocycles. The van der Waals surface area contributed by atoms with Crippen LogP contribution in [0.15, 0.2) is 18.3 Å². The van der Waals surface area contributed by atoms with Crippen LogP contribution in [0.5, 0.6) is 0 Å². The number of nitrogens with one attached hydrogen (secondary N) is 1. The SMILES string of the molecule is CC(C)N1CCC(Nc2cccnc2Cl)C1. The van der Waals surface area contributed by atoms with Gasteiger partial charge < -0.3 is 5.32 Å². The lowest BCUT2D eigenvalue weighted by Gasteiger charge is -2.21. The van der Waals surface area contributed by atoms with Gasteiger partial charge in [-0.3, -0.25) is 4.90 Å². The van der Waals surface area contributed by atoms with Crippen molar-refractivity contribution < 1.29 is 0 Å². The van der Waals surface area contributed by atoms with Crippen molar-refractivity contribution in [3.05, 3.63) is 23.5 Å². The van der Waals surface area contributed by atoms with Gasteiger partial charge in [-0.15, -0.1) is 0 Å². The zero-order valence-corrected chi connectivity index (χ0v) is 10.5. The van der Waals surface area contributed by atoms with E-state index in [0.29, 0.717) is 17.2 Å². The predicted octanol–water partition coefficient (Wildman–Crippen LogP) is 2.63. The number of pyridine rings is 1. The molecule has 0 saturated carbocycles. The van der Waals surface area contributed by atoms with Gasteiger partial charge in [0, 0.05) is 31.4 Å². The minimum absolute atomic E-state index is 0.490. The summed E-state index contributed by atoms with van der Waals surface area (Å²) in [5.41, 5.74) is 0.944. The first kappa shape index (κ1) is 11.7. The molecule has 1 N–H and O–H groups in total. The molecular weight excluding hydrogens is 222 g/mol. The second-order valence-corrected chi connectivity index (χ2v) is 4.92. The maximum atomic E-state index is 6.01. The summed E-state index contributed by atoms with van der Waals surface area (Å²) in [5, 5.41) is 4.02. The second-order valence-electron chi connectivity index (χ2n) is 4.56. The fourth-order valence-electron chi connectivity index (χ4n) is 2.09. The molecule has 1 atom stereocenters. The van der Waals surface area contributed by atoms with Gasteiger partial charge >= 0.3 is 0 Å². The summed E-state index contributed by atoms with van der Waals surface area (Å²) >= 11 is 6.01. The Morgan fingerprint density at radius 3 is 3.00 bits per heavy atom. The van der Waals surface area contributed by atoms with Gasteiger partial charge in [0.1, 0.15) is 0 Å². The van der Waals surface area contributed by atoms with Gasteiger partial charge in [-0.1, -0.05) is 11.6 Å². The van der Waals surface area contributed by atoms with Crippen molar-refractivity contribution in [2.45, 2.75) is 32.4 Å². The standard InChI is InChI=1S/C12H18ClN3/c1-9(2)16-7-5-10(8-16)15-11-4-3-6-14-12(11)13/h3-4,6,9-10,15H,5,7-8H2,1-2H3. The molecule has 0 spiro atoms. The van der Waals surface area contributed by atoms with Gasteiger partial charge in [0.25, 0.3) is 0 Å². The molecule has 16 heavy (non-hydrogen) atoms. The van der Waals surface area contributed by atoms with E-state index in [1.54, 1.807) is 6.20 Å². The summed E-state index contributed by atoms with van der Waals surface area (Å²) in [6.07, 6.45) is 2.88. The summed E-state index contributed by atoms with van der Waals surface area (Å²) in [7, 11) is 0. The number of hydrogen-bond donors (Lipinski definition) is 1. The molecule has 2 rings (SSSR count). The van der Waals surface area contributed by atoms with Crippen molar-refractivity contribution in [1.29, 1.82) is 0 Å². The highest BCUT2D eigenvalue weighted by atomic mass is 35.5. The summed E-state index contributed by atoms with van der Waals surface area (Å²) < 4.78 is 0. The van der Waals surface area contributed by atoms with E-state index in [-0.39, 0.29) is 0 Å². The van der Waals surface area contributed by atoms with Crippen molar-refractivity contribution in [2.75, 3.05) is 18.4 Å². The molecule has 3 nitrogen and oxygen atoms in total. The Balaban J connectivity index is 1.95. The molecule has 1 aliphatic heterocycles. The zero-order chi connectivity index (χ0) is 11.5. The first-order chi connectivity index (χ1) is 7.66. The first-order valence-electron chi connectivity index (χ1n) is 5.78. The van der Waals surface area contributed by atoms with Gasteiger partial charge in [-0.25, -0.2) is 4.98 Å². The van der Waals surface area contributed by atoms with Crippen molar-refractivity contribution in [3.63, 3.8) is 0 Å². The Hall–Kier alpha value is -0.800. The van der Waals surface area contributed by atoms with Crippen LogP contribution >= 0.6 is 11.6 Å². The molecule has 1 aromatic heterocycles. The Labute approximate surface area is 102 Å². The van der Waals surface area contributed by atoms with E-state index >= 15 is 0 Å². The van der Waals surface area contributed by atoms with E-state index in [4.69, 9.17) is 11.6 Å². The number of halogens is 1. The molecule has 1 aliphatic rings. The number of nitrogens with zero attached hydrogens (tertiary/aromatic N) is 2. The zero-order valence-electron chi connectivity index (χ0n) is 9.78. The largest absolute Gasteiger partial charge is 0.378 e. The molecule has 0 bridgehead atoms. The quantitative estimate of drug-likeness (QED) is 0.822. The molecule has 1 fully saturated rings. The highest BCUT2D eigenvalue weighted by Crippen LogP contribution is 2.22. The summed E-state index contributed by atoms with van der Waals surface area (Å²) in [5.74, 6) is 0. The van der Waals surface area contributed by atoms with Crippen molar-refractivity contribution in [1.82, 2.24) is 9.88 Å². The molecule has 1 saturated heterocycles. The fraction of sp³-hybridized carbons (Fsp3) is 0.583. The molecule has 1 aromatic rings. The lowest BCUT2D eigenvalue weighted by atomic mass is 10.2. The third kappa shape index (κ3) is 2.66. The molecule has 1 unspecified atom stereocenters. The van der Waals surface area contributed by atoms with Gasteiger partial charge in [-0.2, -0.15) is 0 Å². The third-order valence-electron chi connectivity index (χ3n) is 3.07. The van der Waals surface area contributed by atoms with Crippen LogP contribution in [-0.2, 0) is 0 Å². The van der Waals surface area contributed by atoms with Gasteiger partial charge in [0.2, 0.25) is 0 Å². The van der Waals surface area contributed by atoms with Crippen LogP contribution in [0.1, 0.15) is 20.3 Å². The van der Waals surface area contributed by atoms with Crippen LogP contribution in [0.3, 0.4) is 0 Å². The van der Waals surface area contributed by atoms with E-state index in [2.05, 4.69) is 29.0 Å². The summed E-state index contributed by atoms with van der Waals surface area (Å²) in [6, 6.07) is 5.00. The number of anilines is 1. The van der Waals surface area contributed by atoms with Crippen LogP contribution in [0.25, 0.3) is 0 Å². The molecule has 88 valence electrons. The Kier molecular flexibility index (Phi) is 3.66. The van der Waals surface area contributed by atoms with Crippen LogP contribution in [0.4, 0.5) is 5.69 Å². The molecule has 0 radical (unpaired) electrons. The number of likely N-dealkylation sites (tertiary alicyclic amines) is 1. The topological polar surface area (TPSA) is 28.2 Å². The number of aromatic nitrogens is 1. The molecule has 2 heterocycles. The fourth-order valence-corrected chi connectivity index (χ4v) is 2.26. The lowest BCUT2D eigenvalue weighted by Crippen LogP contribution is -2.31. The highest BCUT2D eigenvalue weighted by molar-refractivity contribution is 6.31. The smallest absolute Gasteiger partial charge is 0.152 e. The molecular formula is C12H18ClN3. The number of hydrogen-bond acceptors (Lipinski definition) is 3. The number of rotatable bonds is 3. The molecule has 4 heteroatoms. The minimum atomic E-state index is 0.490. The lowest BCUT2D eigenvalue weighted by molar-refractivity contribution is 0.274. The van der Waals surface area contributed by atoms with Crippen LogP contribution in [0.2, 0.25) is 5.15 Å². The second kappa shape index (κ2) is 5.02. The average molecular weight is 240 g/mol. The molecule has 0 aliphatic carbocycles. The van der Waals surface area contributed by atoms with E-state index < -0.39 is 0 Å². The Bertz CT molecular complexity index is 354. The van der Waals surface area contributed by atoms with Crippen LogP contribution in [-0.4, -0.2) is 35.1 Å². The summed E-state index contributed by atoms with van der Waals surface area (Å²) in [4.78, 5) is 6.54. The van der Waals surface area contributed by atoms with E-state index in [0.717, 1.165) is 18.8 Å². The maximum absolute atomic E-state index is 6.01. The van der Waals surface area contributed by atoms with E-state index in [1.165, 1.54) is 6.42 Å². The average Bonchev–Trinajstić information content (AvgIpc) is 2.70. The van der Waals surface area contributed by atoms with Crippen molar-refractivity contribution in [3.8, 4) is 0 Å². The Morgan fingerprint density at radius 2 is 2.38 bits per heavy atom. The summed E-state index contributed by atoms with van der Waals surface area (Å²) in [6.45, 7) is 6.72. The van der Waals surface area contributed by atoms with Crippen molar-refractivity contribution in [2.24, 2.45) is 0 Å². The first-order valence-corrected chi connectivity index (χ1v) is 6.15. The van der Waals surface area contributed by atoms with Crippen LogP contribution in [0, 0.1) is 0 Å². The maximum Gasteiger partial charge on any atom is 0.152 e. The van der Waals surface area contributed by atoms with Gasteiger partial charge in [0.05, 0.1) is 5.69 Å². The monoisotopic (exact) mass is 239 g/mol. The van der Waals surface area contributed by atoms with Gasteiger partial charge in [-0.05, 0) is 32.4 Å².